The molecule has 2 aromatic rings. The van der Waals surface area contributed by atoms with Gasteiger partial charge in [-0.3, -0.25) is 28.8 Å². The number of azide groups is 2. The number of nitrogens with one attached hydrogen (secondary N) is 4. The molecule has 0 atom stereocenters. The number of carbonyl (C=O) groups excluding carboxylic acids is 6. The van der Waals surface area contributed by atoms with Gasteiger partial charge in [0.25, 0.3) is 11.8 Å². The predicted octanol–water partition coefficient (Wildman–Crippen LogP) is 5.29. The van der Waals surface area contributed by atoms with Crippen LogP contribution in [-0.4, -0.2) is 141 Å². The molecule has 0 saturated carbocycles. The molecule has 0 aliphatic heterocycles. The van der Waals surface area contributed by atoms with Crippen molar-refractivity contribution in [1.29, 1.82) is 0 Å². The molecule has 0 heterocycles. The molecule has 66 heavy (non-hydrogen) atoms. The van der Waals surface area contributed by atoms with E-state index >= 15 is 0 Å². The highest BCUT2D eigenvalue weighted by Gasteiger charge is 2.14. The van der Waals surface area contributed by atoms with Crippen molar-refractivity contribution in [3.05, 3.63) is 79.5 Å². The second kappa shape index (κ2) is 38.3. The maximum atomic E-state index is 12.5. The molecule has 22 nitrogen and oxygen atoms in total. The fourth-order valence-corrected chi connectivity index (χ4v) is 5.24. The largest absolute Gasteiger partial charge is 0.379 e. The third-order valence-electron chi connectivity index (χ3n) is 8.75. The Morgan fingerprint density at radius 3 is 1.45 bits per heavy atom. The van der Waals surface area contributed by atoms with E-state index in [0.717, 1.165) is 0 Å². The summed E-state index contributed by atoms with van der Waals surface area (Å²) in [5.41, 5.74) is 19.4. The van der Waals surface area contributed by atoms with Crippen LogP contribution < -0.4 is 21.3 Å². The quantitative estimate of drug-likeness (QED) is 0.0293. The van der Waals surface area contributed by atoms with E-state index in [1.807, 2.05) is 0 Å². The third-order valence-corrected chi connectivity index (χ3v) is 8.75. The second-order valence-electron chi connectivity index (χ2n) is 13.8. The number of benzene rings is 2. The van der Waals surface area contributed by atoms with Gasteiger partial charge in [0, 0.05) is 97.0 Å². The Hall–Kier alpha value is -5.96. The summed E-state index contributed by atoms with van der Waals surface area (Å²) >= 11 is 0. The van der Waals surface area contributed by atoms with Crippen molar-refractivity contribution in [2.24, 2.45) is 10.2 Å². The van der Waals surface area contributed by atoms with Gasteiger partial charge in [-0.1, -0.05) is 37.9 Å². The number of rotatable bonds is 36. The van der Waals surface area contributed by atoms with E-state index in [-0.39, 0.29) is 48.0 Å². The zero-order chi connectivity index (χ0) is 48.6. The minimum Gasteiger partial charge on any atom is -0.379 e. The van der Waals surface area contributed by atoms with Gasteiger partial charge < -0.3 is 49.7 Å². The van der Waals surface area contributed by atoms with Crippen LogP contribution in [0.2, 0.25) is 0 Å². The first-order chi connectivity index (χ1) is 32.0. The Labute approximate surface area is 385 Å². The molecule has 0 unspecified atom stereocenters. The Morgan fingerprint density at radius 2 is 0.970 bits per heavy atom. The van der Waals surface area contributed by atoms with Crippen LogP contribution in [0.25, 0.3) is 20.9 Å². The molecule has 0 saturated heterocycles. The van der Waals surface area contributed by atoms with Crippen molar-refractivity contribution in [2.75, 3.05) is 116 Å². The predicted molar refractivity (Wildman–Crippen MR) is 246 cm³/mol. The smallest absolute Gasteiger partial charge is 0.251 e. The minimum absolute atomic E-state index is 0.0231. The average Bonchev–Trinajstić information content (AvgIpc) is 3.32. The van der Waals surface area contributed by atoms with Crippen LogP contribution in [-0.2, 0) is 60.4 Å². The molecule has 0 aromatic heterocycles. The van der Waals surface area contributed by atoms with Gasteiger partial charge >= 0.3 is 0 Å². The van der Waals surface area contributed by atoms with Gasteiger partial charge in [0.05, 0.1) is 79.3 Å². The van der Waals surface area contributed by atoms with Gasteiger partial charge in [-0.15, -0.1) is 0 Å². The van der Waals surface area contributed by atoms with E-state index in [9.17, 15) is 28.8 Å². The summed E-state index contributed by atoms with van der Waals surface area (Å²) in [6, 6.07) is 9.86. The van der Waals surface area contributed by atoms with E-state index in [0.29, 0.717) is 165 Å². The van der Waals surface area contributed by atoms with Gasteiger partial charge in [-0.05, 0) is 58.6 Å². The number of ether oxygens (including phenoxy) is 6. The molecule has 0 aliphatic rings. The third kappa shape index (κ3) is 28.8. The van der Waals surface area contributed by atoms with Crippen LogP contribution in [0, 0.1) is 0 Å². The molecular formula is C44H66N10O12. The molecule has 0 fully saturated rings. The normalized spacial score (nSPS) is 10.4. The van der Waals surface area contributed by atoms with Crippen LogP contribution in [0.1, 0.15) is 85.2 Å². The number of carbonyl (C=O) groups is 6. The van der Waals surface area contributed by atoms with Crippen molar-refractivity contribution in [3.63, 3.8) is 0 Å². The Balaban J connectivity index is 0.000000660. The molecule has 0 aliphatic carbocycles. The molecule has 0 bridgehead atoms. The number of ketones is 2. The molecule has 0 radical (unpaired) electrons. The Morgan fingerprint density at radius 1 is 0.515 bits per heavy atom. The molecule has 4 N–H and O–H groups in total. The Bertz CT molecular complexity index is 1850. The van der Waals surface area contributed by atoms with E-state index in [4.69, 9.17) is 39.5 Å². The first-order valence-electron chi connectivity index (χ1n) is 22.0. The van der Waals surface area contributed by atoms with Gasteiger partial charge in [0.2, 0.25) is 11.8 Å². The zero-order valence-corrected chi connectivity index (χ0v) is 38.6. The van der Waals surface area contributed by atoms with Crippen LogP contribution in [0.15, 0.2) is 46.6 Å². The van der Waals surface area contributed by atoms with E-state index in [2.05, 4.69) is 41.3 Å². The monoisotopic (exact) mass is 926 g/mol. The lowest BCUT2D eigenvalue weighted by Crippen LogP contribution is -2.28. The summed E-state index contributed by atoms with van der Waals surface area (Å²) in [7, 11) is 0. The molecular weight excluding hydrogens is 861 g/mol. The van der Waals surface area contributed by atoms with Gasteiger partial charge in [0.1, 0.15) is 11.6 Å². The first-order valence-corrected chi connectivity index (χ1v) is 22.0. The topological polar surface area (TPSA) is 303 Å². The number of hydrogen-bond donors (Lipinski definition) is 4. The highest BCUT2D eigenvalue weighted by atomic mass is 16.5. The van der Waals surface area contributed by atoms with E-state index in [1.54, 1.807) is 64.1 Å². The lowest BCUT2D eigenvalue weighted by Gasteiger charge is -2.13. The van der Waals surface area contributed by atoms with Crippen molar-refractivity contribution in [1.82, 2.24) is 10.6 Å². The number of anilines is 2. The molecule has 0 spiro atoms. The molecule has 2 aromatic carbocycles. The first kappa shape index (κ1) is 58.1. The maximum absolute atomic E-state index is 12.5. The van der Waals surface area contributed by atoms with Crippen molar-refractivity contribution in [2.45, 2.75) is 66.2 Å². The van der Waals surface area contributed by atoms with Crippen LogP contribution in [0.3, 0.4) is 0 Å². The molecule has 22 heteroatoms. The fourth-order valence-electron chi connectivity index (χ4n) is 5.24. The van der Waals surface area contributed by atoms with Crippen LogP contribution in [0.4, 0.5) is 11.4 Å². The van der Waals surface area contributed by atoms with Crippen molar-refractivity contribution >= 4 is 46.6 Å². The summed E-state index contributed by atoms with van der Waals surface area (Å²) in [4.78, 5) is 77.4. The van der Waals surface area contributed by atoms with Crippen molar-refractivity contribution < 1.29 is 57.2 Å². The number of nitrogens with zero attached hydrogens (tertiary/aromatic N) is 6. The van der Waals surface area contributed by atoms with E-state index < -0.39 is 0 Å². The molecule has 2 rings (SSSR count). The summed E-state index contributed by atoms with van der Waals surface area (Å²) in [5.74, 6) is -0.852. The number of hydrogen-bond acceptors (Lipinski definition) is 14. The van der Waals surface area contributed by atoms with Crippen LogP contribution >= 0.6 is 0 Å². The highest BCUT2D eigenvalue weighted by molar-refractivity contribution is 5.99. The minimum atomic E-state index is -0.314. The fraction of sp³-hybridized carbons (Fsp3) is 0.591. The summed E-state index contributed by atoms with van der Waals surface area (Å²) < 4.78 is 31.9. The SMILES string of the molecule is CCC(=O)Cc1cc(C(=O)NCCOCCOCCOCCN=[N+]=[N-])ccc1NC(=O)CC.CCC(=O)Cc1cc(NC(=O)CC)cc(C(=O)NCCOCCOCCOCCN=[N+]=[N-])c1. The van der Waals surface area contributed by atoms with Gasteiger partial charge in [-0.25, -0.2) is 0 Å². The number of amides is 4. The van der Waals surface area contributed by atoms with Crippen LogP contribution in [0.5, 0.6) is 0 Å². The summed E-state index contributed by atoms with van der Waals surface area (Å²) in [6.45, 7) is 12.8. The summed E-state index contributed by atoms with van der Waals surface area (Å²) in [6.07, 6.45) is 1.77. The van der Waals surface area contributed by atoms with Gasteiger partial charge in [-0.2, -0.15) is 0 Å². The maximum Gasteiger partial charge on any atom is 0.251 e. The van der Waals surface area contributed by atoms with Gasteiger partial charge in [0.15, 0.2) is 0 Å². The number of Topliss-reactive ketones (excluding diaryl/α,β-unsaturated/α-hetero) is 2. The Kier molecular flexibility index (Phi) is 33.7. The van der Waals surface area contributed by atoms with E-state index in [1.165, 1.54) is 0 Å². The summed E-state index contributed by atoms with van der Waals surface area (Å²) in [5, 5.41) is 17.8. The standard InChI is InChI=1S/2C22H33N5O6/c1-3-20(28)15-17-13-18(16-19(14-17)26-21(29)4-2)22(30)24-5-7-31-9-11-33-12-10-32-8-6-25-27-23;1-3-19(28)16-18-15-17(5-6-20(18)26-21(29)4-2)22(30)24-7-9-31-11-13-33-14-12-32-10-8-25-27-23/h13-14,16H,3-12,15H2,1-2H3,(H,24,30)(H,26,29);5-6,15H,3-4,7-14,16H2,1-2H3,(H,24,30)(H,26,29). The van der Waals surface area contributed by atoms with Crippen molar-refractivity contribution in [3.8, 4) is 0 Å². The average molecular weight is 927 g/mol. The second-order valence-corrected chi connectivity index (χ2v) is 13.8. The lowest BCUT2D eigenvalue weighted by atomic mass is 10.0. The molecule has 4 amide bonds. The highest BCUT2D eigenvalue weighted by Crippen LogP contribution is 2.20. The molecule has 364 valence electrons. The zero-order valence-electron chi connectivity index (χ0n) is 38.6. The lowest BCUT2D eigenvalue weighted by molar-refractivity contribution is -0.118.